The molecule has 6 saturated heterocycles. The van der Waals surface area contributed by atoms with E-state index in [4.69, 9.17) is 84.5 Å². The van der Waals surface area contributed by atoms with Crippen LogP contribution in [0.25, 0.3) is 0 Å². The van der Waals surface area contributed by atoms with Gasteiger partial charge in [0.05, 0.1) is 50.7 Å². The molecule has 0 spiro atoms. The van der Waals surface area contributed by atoms with E-state index >= 15 is 0 Å². The number of fused-ring (bicyclic) bond motifs is 2. The summed E-state index contributed by atoms with van der Waals surface area (Å²) in [4.78, 5) is 0. The Morgan fingerprint density at radius 1 is 0.575 bits per heavy atom. The average Bonchev–Trinajstić information content (AvgIpc) is 4.16. The molecule has 2 N–H and O–H groups in total. The fourth-order valence-electron chi connectivity index (χ4n) is 7.38. The molecule has 21 nitrogen and oxygen atoms in total. The third kappa shape index (κ3) is 38.6. The predicted molar refractivity (Wildman–Crippen MR) is 330 cm³/mol. The second kappa shape index (κ2) is 43.3. The second-order valence-corrected chi connectivity index (χ2v) is 22.2. The molecule has 7 heterocycles. The van der Waals surface area contributed by atoms with E-state index in [2.05, 4.69) is 64.7 Å². The van der Waals surface area contributed by atoms with Gasteiger partial charge in [-0.2, -0.15) is 0 Å². The van der Waals surface area contributed by atoms with Crippen molar-refractivity contribution in [1.82, 2.24) is 0 Å². The first-order valence-corrected chi connectivity index (χ1v) is 28.9. The Bertz CT molecular complexity index is 1550. The molecule has 0 atom stereocenters. The number of quaternary nitrogens is 1. The van der Waals surface area contributed by atoms with E-state index < -0.39 is 13.8 Å². The molecule has 0 radical (unpaired) electrons. The van der Waals surface area contributed by atoms with Gasteiger partial charge in [-0.15, -0.1) is 0 Å². The lowest BCUT2D eigenvalue weighted by Gasteiger charge is -2.40. The van der Waals surface area contributed by atoms with Gasteiger partial charge in [-0.1, -0.05) is 32.8 Å². The molecule has 8 rings (SSSR count). The van der Waals surface area contributed by atoms with Crippen LogP contribution in [0.4, 0.5) is 0 Å². The van der Waals surface area contributed by atoms with Gasteiger partial charge in [0.2, 0.25) is 0 Å². The Balaban J connectivity index is 0. The molecule has 31 heteroatoms. The summed E-state index contributed by atoms with van der Waals surface area (Å²) < 4.78 is 94.5. The van der Waals surface area contributed by atoms with Gasteiger partial charge in [0.25, 0.3) is 0 Å². The van der Waals surface area contributed by atoms with Crippen molar-refractivity contribution in [3.63, 3.8) is 0 Å². The topological polar surface area (TPSA) is 207 Å². The van der Waals surface area contributed by atoms with Gasteiger partial charge in [-0.3, -0.25) is 0 Å². The summed E-state index contributed by atoms with van der Waals surface area (Å²) in [6.45, 7) is 52.3. The summed E-state index contributed by atoms with van der Waals surface area (Å²) in [6, 6.07) is 7.66. The maximum absolute atomic E-state index is 7.61. The monoisotopic (exact) mass is 1140 g/mol. The number of nitrogens with zero attached hydrogens (tertiary/aromatic N) is 1. The van der Waals surface area contributed by atoms with E-state index in [-0.39, 0.29) is 85.8 Å². The van der Waals surface area contributed by atoms with E-state index in [1.807, 2.05) is 120 Å². The van der Waals surface area contributed by atoms with Crippen LogP contribution >= 0.6 is 0 Å². The van der Waals surface area contributed by atoms with Gasteiger partial charge in [0.1, 0.15) is 11.5 Å². The SMILES string of the molecule is CB(O)O.CB(OC(C)C)OC(C)C.CB1OC(C)(C)C(C)(C)O1.CB1OCC(C)(C)CO1.CB1OCCCO1.CB1OCCO1.CB1Oc2ccccc2O1.CCOB(C)OCC.COB(C)OC.C[B-]12OCC[N+]1(C)CCO2. The van der Waals surface area contributed by atoms with Crippen LogP contribution in [-0.2, 0) is 74.5 Å². The summed E-state index contributed by atoms with van der Waals surface area (Å²) in [5, 5.41) is 15.2. The van der Waals surface area contributed by atoms with E-state index in [9.17, 15) is 0 Å². The molecule has 0 saturated carbocycles. The molecular weight excluding hydrogens is 1030 g/mol. The van der Waals surface area contributed by atoms with E-state index in [1.165, 1.54) is 6.82 Å². The van der Waals surface area contributed by atoms with Gasteiger partial charge in [0, 0.05) is 78.5 Å². The number of benzene rings is 1. The van der Waals surface area contributed by atoms with Crippen molar-refractivity contribution in [2.75, 3.05) is 100 Å². The van der Waals surface area contributed by atoms with Crippen LogP contribution in [0.5, 0.6) is 11.5 Å². The molecule has 0 amide bonds. The van der Waals surface area contributed by atoms with E-state index in [1.54, 1.807) is 14.2 Å². The highest BCUT2D eigenvalue weighted by Gasteiger charge is 2.52. The summed E-state index contributed by atoms with van der Waals surface area (Å²) in [5.74, 6) is 1.69. The number of hydrogen-bond donors (Lipinski definition) is 2. The third-order valence-corrected chi connectivity index (χ3v) is 12.6. The highest BCUT2D eigenvalue weighted by Crippen LogP contribution is 2.36. The smallest absolute Gasteiger partial charge is 0.523 e. The van der Waals surface area contributed by atoms with Crippen molar-refractivity contribution in [2.45, 2.75) is 181 Å². The highest BCUT2D eigenvalue weighted by molar-refractivity contribution is 6.59. The number of para-hydroxylation sites is 2. The Labute approximate surface area is 490 Å². The van der Waals surface area contributed by atoms with Crippen molar-refractivity contribution in [2.24, 2.45) is 5.41 Å². The Morgan fingerprint density at radius 3 is 1.18 bits per heavy atom. The zero-order chi connectivity index (χ0) is 61.8. The van der Waals surface area contributed by atoms with Gasteiger partial charge >= 0.3 is 70.8 Å². The molecule has 0 aromatic heterocycles. The van der Waals surface area contributed by atoms with Crippen LogP contribution < -0.4 is 9.31 Å². The Hall–Kier alpha value is -1.29. The van der Waals surface area contributed by atoms with Crippen molar-refractivity contribution in [3.05, 3.63) is 24.3 Å². The molecule has 0 bridgehead atoms. The summed E-state index contributed by atoms with van der Waals surface area (Å²) in [6.07, 6.45) is 1.53. The molecule has 7 aliphatic heterocycles. The standard InChI is InChI=1S/C7H7BO2.C7H15BO2.C7H17BO2.C6H14BNO2.C6H13BO2.C5H13BO2.C4H9BO2.C3H7BO2.C3H9BO2.CH5BO2/c1-8-9-6-4-2-3-5-7(6)10-8;1-6(2)7(3,4)10-8(5)9-6;1-6(2)9-8(5)10-7(3)4;1-7-8(2,3-5-9-7)4-6-10-7;1-6(2)4-8-7(3)9-5-6;1-4-7-6(3)8-5-2;1-5-6-3-2-4-7-5;1-4-5-2-3-6-4;1-4(5-2)6-3;1-2(3)4/h2-5H,1H3;1-5H3;6-7H,1-5H3;3-6H2,1-2H3;4-5H2,1-3H3;4-5H2,1-3H3;2-4H2,1H3;2-3H2,1H3;1-3H3;3-4H,1H3. The number of rotatable bonds is 10. The lowest BCUT2D eigenvalue weighted by molar-refractivity contribution is -0.800. The largest absolute Gasteiger partial charge is 0.591 e. The maximum atomic E-state index is 7.61. The molecule has 80 heavy (non-hydrogen) atoms. The number of hydrogen-bond acceptors (Lipinski definition) is 20. The minimum absolute atomic E-state index is 0.00183. The minimum atomic E-state index is -1.17. The normalized spacial score (nSPS) is 22.0. The van der Waals surface area contributed by atoms with E-state index in [0.29, 0.717) is 0 Å². The first-order valence-electron chi connectivity index (χ1n) is 28.9. The lowest BCUT2D eigenvalue weighted by Crippen LogP contribution is -2.57. The first kappa shape index (κ1) is 80.8. The van der Waals surface area contributed by atoms with E-state index in [0.717, 1.165) is 101 Å². The molecular formula is C49H109B10NO20. The van der Waals surface area contributed by atoms with Crippen LogP contribution in [0, 0.1) is 5.41 Å². The van der Waals surface area contributed by atoms with Crippen LogP contribution in [0.2, 0.25) is 68.2 Å². The molecule has 0 aliphatic carbocycles. The molecule has 7 aliphatic rings. The van der Waals surface area contributed by atoms with Crippen molar-refractivity contribution < 1.29 is 98.2 Å². The predicted octanol–water partition coefficient (Wildman–Crippen LogP) is 7.83. The fraction of sp³-hybridized carbons (Fsp3) is 0.878. The van der Waals surface area contributed by atoms with Gasteiger partial charge in [-0.05, 0) is 149 Å². The highest BCUT2D eigenvalue weighted by atomic mass is 16.7. The van der Waals surface area contributed by atoms with Gasteiger partial charge in [-0.25, -0.2) is 0 Å². The zero-order valence-electron chi connectivity index (χ0n) is 54.6. The van der Waals surface area contributed by atoms with Crippen molar-refractivity contribution >= 4 is 70.8 Å². The molecule has 1 aromatic carbocycles. The van der Waals surface area contributed by atoms with Crippen LogP contribution in [0.15, 0.2) is 24.3 Å². The summed E-state index contributed by atoms with van der Waals surface area (Å²) >= 11 is 0. The minimum Gasteiger partial charge on any atom is -0.523 e. The van der Waals surface area contributed by atoms with Crippen molar-refractivity contribution in [1.29, 1.82) is 0 Å². The van der Waals surface area contributed by atoms with Crippen LogP contribution in [-0.4, -0.2) is 209 Å². The Kier molecular flexibility index (Phi) is 43.8. The van der Waals surface area contributed by atoms with Crippen molar-refractivity contribution in [3.8, 4) is 11.5 Å². The quantitative estimate of drug-likeness (QED) is 0.214. The third-order valence-electron chi connectivity index (χ3n) is 12.6. The fourth-order valence-corrected chi connectivity index (χ4v) is 7.38. The maximum Gasteiger partial charge on any atom is 0.591 e. The average molecular weight is 1140 g/mol. The zero-order valence-corrected chi connectivity index (χ0v) is 54.6. The molecule has 0 unspecified atom stereocenters. The lowest BCUT2D eigenvalue weighted by atomic mass is 9.72. The molecule has 1 aromatic rings. The molecule has 460 valence electrons. The second-order valence-electron chi connectivity index (χ2n) is 22.2. The number of likely N-dealkylation sites (N-methyl/N-ethyl adjacent to an activating group) is 1. The summed E-state index contributed by atoms with van der Waals surface area (Å²) in [5.41, 5.74) is -0.106. The Morgan fingerprint density at radius 2 is 0.938 bits per heavy atom. The first-order chi connectivity index (χ1) is 37.1. The summed E-state index contributed by atoms with van der Waals surface area (Å²) in [7, 11) is 3.97. The van der Waals surface area contributed by atoms with Crippen LogP contribution in [0.1, 0.15) is 89.5 Å². The molecule has 6 fully saturated rings. The van der Waals surface area contributed by atoms with Crippen LogP contribution in [0.3, 0.4) is 0 Å². The van der Waals surface area contributed by atoms with Gasteiger partial charge in [0.15, 0.2) is 0 Å². The van der Waals surface area contributed by atoms with Gasteiger partial charge < -0.3 is 98.2 Å².